The minimum Gasteiger partial charge on any atom is -0.484 e. The van der Waals surface area contributed by atoms with Gasteiger partial charge in [0.15, 0.2) is 6.61 Å². The fourth-order valence-electron chi connectivity index (χ4n) is 2.03. The van der Waals surface area contributed by atoms with E-state index in [4.69, 9.17) is 4.74 Å². The zero-order valence-corrected chi connectivity index (χ0v) is 12.0. The third-order valence-corrected chi connectivity index (χ3v) is 3.08. The Morgan fingerprint density at radius 3 is 2.64 bits per heavy atom. The zero-order valence-electron chi connectivity index (χ0n) is 12.0. The molecular formula is C17H18FNO3. The van der Waals surface area contributed by atoms with Crippen molar-refractivity contribution in [3.05, 3.63) is 66.0 Å². The first kappa shape index (κ1) is 16.0. The number of ether oxygens (including phenoxy) is 1. The predicted molar refractivity (Wildman–Crippen MR) is 81.1 cm³/mol. The first-order valence-corrected chi connectivity index (χ1v) is 7.00. The molecule has 116 valence electrons. The Bertz CT molecular complexity index is 604. The molecule has 0 fully saturated rings. The number of benzene rings is 2. The molecule has 22 heavy (non-hydrogen) atoms. The van der Waals surface area contributed by atoms with Crippen LogP contribution in [0, 0.1) is 5.82 Å². The van der Waals surface area contributed by atoms with Crippen LogP contribution in [0.2, 0.25) is 0 Å². The minimum atomic E-state index is -0.421. The Hall–Kier alpha value is -2.40. The maximum absolute atomic E-state index is 13.0. The van der Waals surface area contributed by atoms with E-state index < -0.39 is 5.82 Å². The zero-order chi connectivity index (χ0) is 15.8. The summed E-state index contributed by atoms with van der Waals surface area (Å²) in [5.41, 5.74) is 1.02. The van der Waals surface area contributed by atoms with Crippen LogP contribution in [0.5, 0.6) is 5.75 Å². The quantitative estimate of drug-likeness (QED) is 0.821. The Kier molecular flexibility index (Phi) is 5.91. The van der Waals surface area contributed by atoms with E-state index in [-0.39, 0.29) is 25.2 Å². The molecule has 0 aliphatic carbocycles. The normalized spacial score (nSPS) is 11.7. The molecule has 4 nitrogen and oxygen atoms in total. The molecule has 1 unspecified atom stereocenters. The minimum absolute atomic E-state index is 0.166. The highest BCUT2D eigenvalue weighted by molar-refractivity contribution is 5.77. The molecule has 2 N–H and O–H groups in total. The van der Waals surface area contributed by atoms with Crippen molar-refractivity contribution in [2.75, 3.05) is 13.2 Å². The van der Waals surface area contributed by atoms with Crippen molar-refractivity contribution in [1.82, 2.24) is 5.32 Å². The summed E-state index contributed by atoms with van der Waals surface area (Å²) < 4.78 is 18.2. The van der Waals surface area contributed by atoms with Gasteiger partial charge in [-0.1, -0.05) is 36.4 Å². The summed E-state index contributed by atoms with van der Waals surface area (Å²) in [5, 5.41) is 12.0. The molecule has 1 amide bonds. The highest BCUT2D eigenvalue weighted by Crippen LogP contribution is 2.11. The van der Waals surface area contributed by atoms with Crippen molar-refractivity contribution in [2.24, 2.45) is 0 Å². The van der Waals surface area contributed by atoms with Gasteiger partial charge in [-0.25, -0.2) is 4.39 Å². The SMILES string of the molecule is O=C(COc1cccc(F)c1)NC(CO)Cc1ccccc1. The van der Waals surface area contributed by atoms with Crippen LogP contribution in [-0.2, 0) is 11.2 Å². The van der Waals surface area contributed by atoms with Crippen LogP contribution in [0.3, 0.4) is 0 Å². The fourth-order valence-corrected chi connectivity index (χ4v) is 2.03. The third-order valence-electron chi connectivity index (χ3n) is 3.08. The topological polar surface area (TPSA) is 58.6 Å². The molecule has 5 heteroatoms. The Morgan fingerprint density at radius 1 is 1.18 bits per heavy atom. The van der Waals surface area contributed by atoms with Crippen LogP contribution >= 0.6 is 0 Å². The van der Waals surface area contributed by atoms with Crippen molar-refractivity contribution in [1.29, 1.82) is 0 Å². The molecule has 0 aliphatic heterocycles. The average molecular weight is 303 g/mol. The van der Waals surface area contributed by atoms with Crippen molar-refractivity contribution in [3.63, 3.8) is 0 Å². The highest BCUT2D eigenvalue weighted by atomic mass is 19.1. The molecule has 0 aromatic heterocycles. The maximum Gasteiger partial charge on any atom is 0.258 e. The van der Waals surface area contributed by atoms with Gasteiger partial charge in [-0.15, -0.1) is 0 Å². The number of aliphatic hydroxyl groups excluding tert-OH is 1. The van der Waals surface area contributed by atoms with Crippen molar-refractivity contribution in [3.8, 4) is 5.75 Å². The average Bonchev–Trinajstić information content (AvgIpc) is 2.53. The van der Waals surface area contributed by atoms with Gasteiger partial charge in [0.25, 0.3) is 5.91 Å². The summed E-state index contributed by atoms with van der Waals surface area (Å²) in [6, 6.07) is 14.8. The van der Waals surface area contributed by atoms with Crippen LogP contribution in [0.15, 0.2) is 54.6 Å². The van der Waals surface area contributed by atoms with E-state index in [2.05, 4.69) is 5.32 Å². The summed E-state index contributed by atoms with van der Waals surface area (Å²) in [5.74, 6) is -0.492. The van der Waals surface area contributed by atoms with Crippen molar-refractivity contribution in [2.45, 2.75) is 12.5 Å². The van der Waals surface area contributed by atoms with Crippen LogP contribution in [-0.4, -0.2) is 30.3 Å². The smallest absolute Gasteiger partial charge is 0.258 e. The van der Waals surface area contributed by atoms with E-state index in [0.717, 1.165) is 5.56 Å². The molecule has 0 heterocycles. The molecule has 0 spiro atoms. The standard InChI is InChI=1S/C17H18FNO3/c18-14-7-4-8-16(10-14)22-12-17(21)19-15(11-20)9-13-5-2-1-3-6-13/h1-8,10,15,20H,9,11-12H2,(H,19,21). The lowest BCUT2D eigenvalue weighted by Crippen LogP contribution is -2.41. The van der Waals surface area contributed by atoms with Crippen molar-refractivity contribution < 1.29 is 19.0 Å². The molecule has 2 rings (SSSR count). The summed E-state index contributed by atoms with van der Waals surface area (Å²) >= 11 is 0. The number of hydrogen-bond acceptors (Lipinski definition) is 3. The summed E-state index contributed by atoms with van der Waals surface area (Å²) in [4.78, 5) is 11.8. The number of amides is 1. The van der Waals surface area contributed by atoms with E-state index in [9.17, 15) is 14.3 Å². The predicted octanol–water partition coefficient (Wildman–Crippen LogP) is 1.92. The maximum atomic E-state index is 13.0. The van der Waals surface area contributed by atoms with E-state index in [1.54, 1.807) is 6.07 Å². The monoisotopic (exact) mass is 303 g/mol. The third kappa shape index (κ3) is 5.18. The van der Waals surface area contributed by atoms with Crippen LogP contribution < -0.4 is 10.1 Å². The molecule has 0 radical (unpaired) electrons. The van der Waals surface area contributed by atoms with Gasteiger partial charge in [-0.05, 0) is 24.1 Å². The van der Waals surface area contributed by atoms with Gasteiger partial charge in [-0.3, -0.25) is 4.79 Å². The summed E-state index contributed by atoms with van der Waals surface area (Å²) in [6.07, 6.45) is 0.531. The second kappa shape index (κ2) is 8.14. The Morgan fingerprint density at radius 2 is 1.95 bits per heavy atom. The lowest BCUT2D eigenvalue weighted by molar-refractivity contribution is -0.124. The first-order valence-electron chi connectivity index (χ1n) is 7.00. The first-order chi connectivity index (χ1) is 10.7. The summed E-state index contributed by atoms with van der Waals surface area (Å²) in [7, 11) is 0. The number of halogens is 1. The Balaban J connectivity index is 1.82. The van der Waals surface area contributed by atoms with Crippen LogP contribution in [0.1, 0.15) is 5.56 Å². The fraction of sp³-hybridized carbons (Fsp3) is 0.235. The molecule has 2 aromatic rings. The highest BCUT2D eigenvalue weighted by Gasteiger charge is 2.12. The lowest BCUT2D eigenvalue weighted by atomic mass is 10.1. The van der Waals surface area contributed by atoms with E-state index in [1.165, 1.54) is 18.2 Å². The number of carbonyl (C=O) groups excluding carboxylic acids is 1. The van der Waals surface area contributed by atoms with Gasteiger partial charge in [0.1, 0.15) is 11.6 Å². The largest absolute Gasteiger partial charge is 0.484 e. The summed E-state index contributed by atoms with van der Waals surface area (Å²) in [6.45, 7) is -0.394. The molecule has 0 aliphatic rings. The van der Waals surface area contributed by atoms with E-state index in [1.807, 2.05) is 30.3 Å². The Labute approximate surface area is 128 Å². The van der Waals surface area contributed by atoms with Gasteiger partial charge in [-0.2, -0.15) is 0 Å². The van der Waals surface area contributed by atoms with E-state index >= 15 is 0 Å². The molecular weight excluding hydrogens is 285 g/mol. The molecule has 0 saturated heterocycles. The van der Waals surface area contributed by atoms with Gasteiger partial charge < -0.3 is 15.2 Å². The lowest BCUT2D eigenvalue weighted by Gasteiger charge is -2.16. The van der Waals surface area contributed by atoms with Gasteiger partial charge in [0.05, 0.1) is 12.6 Å². The van der Waals surface area contributed by atoms with E-state index in [0.29, 0.717) is 12.2 Å². The number of nitrogens with one attached hydrogen (secondary N) is 1. The number of rotatable bonds is 7. The number of aliphatic hydroxyl groups is 1. The van der Waals surface area contributed by atoms with Crippen LogP contribution in [0.25, 0.3) is 0 Å². The molecule has 0 saturated carbocycles. The second-order valence-electron chi connectivity index (χ2n) is 4.88. The van der Waals surface area contributed by atoms with Gasteiger partial charge in [0, 0.05) is 6.07 Å². The number of hydrogen-bond donors (Lipinski definition) is 2. The van der Waals surface area contributed by atoms with Crippen molar-refractivity contribution >= 4 is 5.91 Å². The molecule has 2 aromatic carbocycles. The van der Waals surface area contributed by atoms with Crippen LogP contribution in [0.4, 0.5) is 4.39 Å². The molecule has 0 bridgehead atoms. The second-order valence-corrected chi connectivity index (χ2v) is 4.88. The van der Waals surface area contributed by atoms with Gasteiger partial charge in [0.2, 0.25) is 0 Å². The molecule has 1 atom stereocenters. The number of carbonyl (C=O) groups is 1. The van der Waals surface area contributed by atoms with Gasteiger partial charge >= 0.3 is 0 Å².